The van der Waals surface area contributed by atoms with Crippen molar-refractivity contribution in [2.45, 2.75) is 32.7 Å². The average Bonchev–Trinajstić information content (AvgIpc) is 3.17. The molecule has 120 valence electrons. The van der Waals surface area contributed by atoms with E-state index in [0.717, 1.165) is 37.1 Å². The predicted molar refractivity (Wildman–Crippen MR) is 89.8 cm³/mol. The van der Waals surface area contributed by atoms with Gasteiger partial charge < -0.3 is 15.1 Å². The molecule has 5 heteroatoms. The number of rotatable bonds is 6. The van der Waals surface area contributed by atoms with E-state index < -0.39 is 0 Å². The number of likely N-dealkylation sites (tertiary alicyclic amines) is 1. The molecule has 1 fully saturated rings. The number of guanidine groups is 1. The summed E-state index contributed by atoms with van der Waals surface area (Å²) in [4.78, 5) is 7.13. The van der Waals surface area contributed by atoms with E-state index in [1.54, 1.807) is 0 Å². The minimum atomic E-state index is 0.192. The van der Waals surface area contributed by atoms with Crippen molar-refractivity contribution >= 4 is 5.96 Å². The quantitative estimate of drug-likeness (QED) is 0.479. The lowest BCUT2D eigenvalue weighted by Gasteiger charge is -2.24. The van der Waals surface area contributed by atoms with E-state index in [0.29, 0.717) is 13.1 Å². The Morgan fingerprint density at radius 3 is 2.77 bits per heavy atom. The van der Waals surface area contributed by atoms with Gasteiger partial charge in [0.15, 0.2) is 5.96 Å². The van der Waals surface area contributed by atoms with Crippen LogP contribution in [0.2, 0.25) is 0 Å². The first kappa shape index (κ1) is 16.4. The number of hydrogen-bond donors (Lipinski definition) is 2. The first-order valence-corrected chi connectivity index (χ1v) is 8.00. The molecule has 1 aromatic rings. The fraction of sp³-hybridized carbons (Fsp3) is 0.588. The van der Waals surface area contributed by atoms with Gasteiger partial charge in [0.1, 0.15) is 11.5 Å². The Balaban J connectivity index is 2.09. The lowest BCUT2D eigenvalue weighted by Crippen LogP contribution is -2.38. The van der Waals surface area contributed by atoms with Gasteiger partial charge in [-0.3, -0.25) is 9.89 Å². The Kier molecular flexibility index (Phi) is 6.35. The van der Waals surface area contributed by atoms with Crippen LogP contribution in [-0.2, 0) is 0 Å². The molecule has 0 aliphatic carbocycles. The molecule has 0 aromatic carbocycles. The van der Waals surface area contributed by atoms with Crippen molar-refractivity contribution in [2.24, 2.45) is 4.99 Å². The number of nitrogens with zero attached hydrogens (tertiary/aromatic N) is 2. The molecule has 0 spiro atoms. The zero-order chi connectivity index (χ0) is 15.8. The van der Waals surface area contributed by atoms with Crippen LogP contribution in [0.5, 0.6) is 0 Å². The molecular formula is C17H26N4O. The smallest absolute Gasteiger partial charge is 0.192 e. The van der Waals surface area contributed by atoms with Gasteiger partial charge in [0, 0.05) is 6.54 Å². The summed E-state index contributed by atoms with van der Waals surface area (Å²) >= 11 is 0. The molecule has 1 atom stereocenters. The minimum absolute atomic E-state index is 0.192. The second-order valence-electron chi connectivity index (χ2n) is 5.48. The molecule has 0 amide bonds. The second-order valence-corrected chi connectivity index (χ2v) is 5.48. The Bertz CT molecular complexity index is 523. The molecule has 2 rings (SSSR count). The summed E-state index contributed by atoms with van der Waals surface area (Å²) in [6, 6.07) is 4.28. The summed E-state index contributed by atoms with van der Waals surface area (Å²) in [5.74, 6) is 5.27. The maximum Gasteiger partial charge on any atom is 0.192 e. The fourth-order valence-electron chi connectivity index (χ4n) is 2.73. The number of terminal acetylenes is 1. The maximum atomic E-state index is 5.85. The largest absolute Gasteiger partial charge is 0.465 e. The van der Waals surface area contributed by atoms with Crippen molar-refractivity contribution in [3.8, 4) is 12.3 Å². The van der Waals surface area contributed by atoms with E-state index in [-0.39, 0.29) is 6.04 Å². The highest BCUT2D eigenvalue weighted by Gasteiger charge is 2.25. The van der Waals surface area contributed by atoms with Gasteiger partial charge in [0.05, 0.1) is 19.1 Å². The normalized spacial score (nSPS) is 17.2. The van der Waals surface area contributed by atoms with Gasteiger partial charge >= 0.3 is 0 Å². The van der Waals surface area contributed by atoms with Gasteiger partial charge in [-0.1, -0.05) is 5.92 Å². The topological polar surface area (TPSA) is 52.8 Å². The highest BCUT2D eigenvalue weighted by Crippen LogP contribution is 2.26. The standard InChI is InChI=1S/C17H26N4O/c1-4-10-19-17(18-5-2)20-13-15(21-11-6-7-12-21)16-9-8-14(3)22-16/h1,8-9,15H,5-7,10-13H2,2-3H3,(H2,18,19,20). The number of aliphatic imine (C=N–C) groups is 1. The van der Waals surface area contributed by atoms with Crippen molar-refractivity contribution in [3.63, 3.8) is 0 Å². The molecule has 22 heavy (non-hydrogen) atoms. The van der Waals surface area contributed by atoms with Crippen LogP contribution in [0, 0.1) is 19.3 Å². The average molecular weight is 302 g/mol. The van der Waals surface area contributed by atoms with Crippen molar-refractivity contribution in [1.82, 2.24) is 15.5 Å². The number of hydrogen-bond acceptors (Lipinski definition) is 3. The molecule has 1 unspecified atom stereocenters. The summed E-state index contributed by atoms with van der Waals surface area (Å²) in [6.07, 6.45) is 7.79. The van der Waals surface area contributed by atoms with Crippen molar-refractivity contribution < 1.29 is 4.42 Å². The summed E-state index contributed by atoms with van der Waals surface area (Å²) < 4.78 is 5.85. The number of furan rings is 1. The molecule has 1 aliphatic heterocycles. The lowest BCUT2D eigenvalue weighted by atomic mass is 10.2. The number of aryl methyl sites for hydroxylation is 1. The van der Waals surface area contributed by atoms with Crippen LogP contribution in [0.15, 0.2) is 21.5 Å². The van der Waals surface area contributed by atoms with Crippen molar-refractivity contribution in [1.29, 1.82) is 0 Å². The van der Waals surface area contributed by atoms with Gasteiger partial charge in [0.25, 0.3) is 0 Å². The molecule has 1 aromatic heterocycles. The highest BCUT2D eigenvalue weighted by molar-refractivity contribution is 5.80. The molecule has 0 bridgehead atoms. The van der Waals surface area contributed by atoms with Crippen molar-refractivity contribution in [3.05, 3.63) is 23.7 Å². The lowest BCUT2D eigenvalue weighted by molar-refractivity contribution is 0.219. The van der Waals surface area contributed by atoms with E-state index in [1.807, 2.05) is 19.9 Å². The van der Waals surface area contributed by atoms with E-state index in [9.17, 15) is 0 Å². The Morgan fingerprint density at radius 2 is 2.18 bits per heavy atom. The SMILES string of the molecule is C#CCNC(=NCC(c1ccc(C)o1)N1CCCC1)NCC. The Hall–Kier alpha value is -1.93. The van der Waals surface area contributed by atoms with Crippen LogP contribution in [0.3, 0.4) is 0 Å². The molecular weight excluding hydrogens is 276 g/mol. The van der Waals surface area contributed by atoms with Gasteiger partial charge in [-0.25, -0.2) is 0 Å². The first-order chi connectivity index (χ1) is 10.7. The minimum Gasteiger partial charge on any atom is -0.465 e. The summed E-state index contributed by atoms with van der Waals surface area (Å²) in [6.45, 7) is 8.17. The van der Waals surface area contributed by atoms with Gasteiger partial charge in [-0.05, 0) is 51.9 Å². The van der Waals surface area contributed by atoms with Crippen LogP contribution in [0.1, 0.15) is 37.3 Å². The van der Waals surface area contributed by atoms with Gasteiger partial charge in [-0.2, -0.15) is 0 Å². The molecule has 5 nitrogen and oxygen atoms in total. The molecule has 2 heterocycles. The third kappa shape index (κ3) is 4.54. The fourth-order valence-corrected chi connectivity index (χ4v) is 2.73. The van der Waals surface area contributed by atoms with Crippen LogP contribution >= 0.6 is 0 Å². The Morgan fingerprint density at radius 1 is 1.41 bits per heavy atom. The van der Waals surface area contributed by atoms with Gasteiger partial charge in [-0.15, -0.1) is 6.42 Å². The highest BCUT2D eigenvalue weighted by atomic mass is 16.3. The van der Waals surface area contributed by atoms with Crippen LogP contribution in [-0.4, -0.2) is 43.6 Å². The van der Waals surface area contributed by atoms with Crippen LogP contribution < -0.4 is 10.6 Å². The summed E-state index contributed by atoms with van der Waals surface area (Å²) in [5, 5.41) is 6.34. The zero-order valence-corrected chi connectivity index (χ0v) is 13.6. The van der Waals surface area contributed by atoms with Crippen molar-refractivity contribution in [2.75, 3.05) is 32.7 Å². The summed E-state index contributed by atoms with van der Waals surface area (Å²) in [5.41, 5.74) is 0. The molecule has 0 radical (unpaired) electrons. The first-order valence-electron chi connectivity index (χ1n) is 8.00. The van der Waals surface area contributed by atoms with Crippen LogP contribution in [0.25, 0.3) is 0 Å². The number of nitrogens with one attached hydrogen (secondary N) is 2. The third-order valence-corrected chi connectivity index (χ3v) is 3.80. The summed E-state index contributed by atoms with van der Waals surface area (Å²) in [7, 11) is 0. The molecule has 1 aliphatic rings. The zero-order valence-electron chi connectivity index (χ0n) is 13.6. The molecule has 1 saturated heterocycles. The maximum absolute atomic E-state index is 5.85. The third-order valence-electron chi connectivity index (χ3n) is 3.80. The van der Waals surface area contributed by atoms with E-state index in [4.69, 9.17) is 10.8 Å². The van der Waals surface area contributed by atoms with E-state index >= 15 is 0 Å². The van der Waals surface area contributed by atoms with E-state index in [1.165, 1.54) is 12.8 Å². The van der Waals surface area contributed by atoms with E-state index in [2.05, 4.69) is 32.5 Å². The molecule has 0 saturated carbocycles. The second kappa shape index (κ2) is 8.50. The molecule has 2 N–H and O–H groups in total. The predicted octanol–water partition coefficient (Wildman–Crippen LogP) is 1.91. The van der Waals surface area contributed by atoms with Gasteiger partial charge in [0.2, 0.25) is 0 Å². The van der Waals surface area contributed by atoms with Crippen LogP contribution in [0.4, 0.5) is 0 Å². The Labute approximate surface area is 133 Å². The monoisotopic (exact) mass is 302 g/mol.